The lowest BCUT2D eigenvalue weighted by Crippen LogP contribution is -2.12. The number of unbranched alkanes of at least 4 members (excludes halogenated alkanes) is 3. The highest BCUT2D eigenvalue weighted by molar-refractivity contribution is 6.00. The molecule has 0 bridgehead atoms. The fourth-order valence-corrected chi connectivity index (χ4v) is 3.60. The van der Waals surface area contributed by atoms with Crippen molar-refractivity contribution in [2.45, 2.75) is 51.9 Å². The van der Waals surface area contributed by atoms with Crippen LogP contribution in [0.1, 0.15) is 61.4 Å². The molecule has 0 N–H and O–H groups in total. The Kier molecular flexibility index (Phi) is 11.6. The van der Waals surface area contributed by atoms with Gasteiger partial charge in [0, 0.05) is 19.3 Å². The van der Waals surface area contributed by atoms with Gasteiger partial charge in [0.25, 0.3) is 0 Å². The maximum Gasteiger partial charge on any atom is 0.311 e. The number of methoxy groups -OCH3 is 3. The average molecular weight is 487 g/mol. The lowest BCUT2D eigenvalue weighted by Gasteiger charge is -2.14. The Balaban J connectivity index is 1.95. The number of carbonyl (C=O) groups is 3. The maximum atomic E-state index is 13.1. The van der Waals surface area contributed by atoms with E-state index in [1.165, 1.54) is 21.3 Å². The summed E-state index contributed by atoms with van der Waals surface area (Å²) in [7, 11) is 4.54. The Bertz CT molecular complexity index is 973. The third-order valence-corrected chi connectivity index (χ3v) is 5.32. The van der Waals surface area contributed by atoms with E-state index in [4.69, 9.17) is 23.7 Å². The fraction of sp³-hybridized carbons (Fsp3) is 0.444. The van der Waals surface area contributed by atoms with Gasteiger partial charge in [-0.15, -0.1) is 0 Å². The van der Waals surface area contributed by atoms with Gasteiger partial charge < -0.3 is 23.7 Å². The second-order valence-electron chi connectivity index (χ2n) is 7.82. The van der Waals surface area contributed by atoms with Crippen LogP contribution in [0.4, 0.5) is 0 Å². The molecule has 0 amide bonds. The highest BCUT2D eigenvalue weighted by Gasteiger charge is 2.19. The molecule has 0 unspecified atom stereocenters. The van der Waals surface area contributed by atoms with Crippen LogP contribution in [0.2, 0.25) is 0 Å². The zero-order valence-corrected chi connectivity index (χ0v) is 20.9. The number of hydrogen-bond acceptors (Lipinski definition) is 8. The molecule has 8 heteroatoms. The molecule has 0 radical (unpaired) electrons. The molecule has 2 aromatic rings. The van der Waals surface area contributed by atoms with Crippen molar-refractivity contribution in [1.29, 1.82) is 0 Å². The van der Waals surface area contributed by atoms with Crippen molar-refractivity contribution in [1.82, 2.24) is 0 Å². The molecule has 0 spiro atoms. The average Bonchev–Trinajstić information content (AvgIpc) is 2.85. The van der Waals surface area contributed by atoms with Gasteiger partial charge in [0.15, 0.2) is 17.3 Å². The second-order valence-corrected chi connectivity index (χ2v) is 7.82. The van der Waals surface area contributed by atoms with Crippen molar-refractivity contribution in [3.8, 4) is 23.0 Å². The molecule has 190 valence electrons. The van der Waals surface area contributed by atoms with Gasteiger partial charge in [0.05, 0.1) is 33.5 Å². The van der Waals surface area contributed by atoms with Crippen LogP contribution in [0.5, 0.6) is 23.0 Å². The first-order valence-corrected chi connectivity index (χ1v) is 11.7. The molecule has 35 heavy (non-hydrogen) atoms. The molecule has 8 nitrogen and oxygen atoms in total. The van der Waals surface area contributed by atoms with Crippen LogP contribution in [0.25, 0.3) is 0 Å². The van der Waals surface area contributed by atoms with Gasteiger partial charge in [-0.1, -0.05) is 25.0 Å². The highest BCUT2D eigenvalue weighted by Crippen LogP contribution is 2.38. The number of benzene rings is 2. The summed E-state index contributed by atoms with van der Waals surface area (Å²) in [6.45, 7) is 2.17. The van der Waals surface area contributed by atoms with Crippen LogP contribution in [0, 0.1) is 0 Å². The summed E-state index contributed by atoms with van der Waals surface area (Å²) < 4.78 is 26.4. The number of carbonyl (C=O) groups excluding carboxylic acids is 3. The standard InChI is InChI=1S/C27H34O8/c1-5-34-25(29)14-8-6-7-9-15-26(30)35-22-13-11-10-12-20(22)21(28)16-19-17-23(31-2)27(33-4)24(18-19)32-3/h10-13,17-18H,5-9,14-16H2,1-4H3. The summed E-state index contributed by atoms with van der Waals surface area (Å²) in [6, 6.07) is 10.1. The molecule has 0 aliphatic carbocycles. The van der Waals surface area contributed by atoms with E-state index in [0.29, 0.717) is 47.8 Å². The van der Waals surface area contributed by atoms with E-state index < -0.39 is 5.97 Å². The lowest BCUT2D eigenvalue weighted by molar-refractivity contribution is -0.143. The van der Waals surface area contributed by atoms with E-state index in [9.17, 15) is 14.4 Å². The van der Waals surface area contributed by atoms with Gasteiger partial charge in [-0.2, -0.15) is 0 Å². The van der Waals surface area contributed by atoms with Gasteiger partial charge in [-0.05, 0) is 49.6 Å². The highest BCUT2D eigenvalue weighted by atomic mass is 16.5. The molecule has 0 aromatic heterocycles. The first-order valence-electron chi connectivity index (χ1n) is 11.7. The Hall–Kier alpha value is -3.55. The number of ketones is 1. The number of hydrogen-bond donors (Lipinski definition) is 0. The zero-order valence-electron chi connectivity index (χ0n) is 20.9. The number of ether oxygens (including phenoxy) is 5. The summed E-state index contributed by atoms with van der Waals surface area (Å²) in [4.78, 5) is 36.8. The van der Waals surface area contributed by atoms with Gasteiger partial charge in [-0.25, -0.2) is 0 Å². The summed E-state index contributed by atoms with van der Waals surface area (Å²) in [5, 5.41) is 0. The van der Waals surface area contributed by atoms with Gasteiger partial charge in [0.2, 0.25) is 5.75 Å². The van der Waals surface area contributed by atoms with Crippen LogP contribution in [-0.2, 0) is 20.7 Å². The Labute approximate surface area is 206 Å². The third kappa shape index (κ3) is 8.63. The SMILES string of the molecule is CCOC(=O)CCCCCCC(=O)Oc1ccccc1C(=O)Cc1cc(OC)c(OC)c(OC)c1. The first kappa shape index (κ1) is 27.7. The van der Waals surface area contributed by atoms with Crippen LogP contribution < -0.4 is 18.9 Å². The summed E-state index contributed by atoms with van der Waals surface area (Å²) in [5.74, 6) is 0.789. The van der Waals surface area contributed by atoms with Crippen molar-refractivity contribution >= 4 is 17.7 Å². The third-order valence-electron chi connectivity index (χ3n) is 5.32. The molecular formula is C27H34O8. The topological polar surface area (TPSA) is 97.4 Å². The first-order chi connectivity index (χ1) is 16.9. The molecule has 0 fully saturated rings. The van der Waals surface area contributed by atoms with Gasteiger partial charge in [0.1, 0.15) is 5.75 Å². The Morgan fingerprint density at radius 2 is 1.34 bits per heavy atom. The number of rotatable bonds is 15. The van der Waals surface area contributed by atoms with Crippen LogP contribution in [0.3, 0.4) is 0 Å². The lowest BCUT2D eigenvalue weighted by atomic mass is 10.0. The number of esters is 2. The monoisotopic (exact) mass is 486 g/mol. The predicted molar refractivity (Wildman–Crippen MR) is 131 cm³/mol. The van der Waals surface area contributed by atoms with E-state index in [-0.39, 0.29) is 30.3 Å². The van der Waals surface area contributed by atoms with E-state index in [0.717, 1.165) is 19.3 Å². The molecule has 0 aliphatic rings. The summed E-state index contributed by atoms with van der Waals surface area (Å²) in [5.41, 5.74) is 0.998. The molecule has 0 saturated carbocycles. The van der Waals surface area contributed by atoms with Crippen LogP contribution >= 0.6 is 0 Å². The maximum absolute atomic E-state index is 13.1. The molecule has 0 atom stereocenters. The van der Waals surface area contributed by atoms with Gasteiger partial charge in [-0.3, -0.25) is 14.4 Å². The van der Waals surface area contributed by atoms with Crippen molar-refractivity contribution in [2.75, 3.05) is 27.9 Å². The van der Waals surface area contributed by atoms with Crippen LogP contribution in [-0.4, -0.2) is 45.7 Å². The summed E-state index contributed by atoms with van der Waals surface area (Å²) >= 11 is 0. The minimum absolute atomic E-state index is 0.0613. The van der Waals surface area contributed by atoms with E-state index in [1.54, 1.807) is 43.3 Å². The largest absolute Gasteiger partial charge is 0.493 e. The number of Topliss-reactive ketones (excluding diaryl/α,β-unsaturated/α-hetero) is 1. The smallest absolute Gasteiger partial charge is 0.311 e. The van der Waals surface area contributed by atoms with Crippen molar-refractivity contribution in [3.63, 3.8) is 0 Å². The predicted octanol–water partition coefficient (Wildman–Crippen LogP) is 4.95. The molecule has 0 aliphatic heterocycles. The number of para-hydroxylation sites is 1. The minimum atomic E-state index is -0.400. The van der Waals surface area contributed by atoms with Crippen molar-refractivity contribution in [2.24, 2.45) is 0 Å². The van der Waals surface area contributed by atoms with Crippen molar-refractivity contribution < 1.29 is 38.1 Å². The zero-order chi connectivity index (χ0) is 25.6. The molecule has 2 aromatic carbocycles. The van der Waals surface area contributed by atoms with Crippen molar-refractivity contribution in [3.05, 3.63) is 47.5 Å². The van der Waals surface area contributed by atoms with Gasteiger partial charge >= 0.3 is 11.9 Å². The Morgan fingerprint density at radius 3 is 1.91 bits per heavy atom. The van der Waals surface area contributed by atoms with E-state index in [1.807, 2.05) is 0 Å². The fourth-order valence-electron chi connectivity index (χ4n) is 3.60. The molecule has 0 heterocycles. The molecular weight excluding hydrogens is 452 g/mol. The van der Waals surface area contributed by atoms with E-state index >= 15 is 0 Å². The second kappa shape index (κ2) is 14.7. The van der Waals surface area contributed by atoms with E-state index in [2.05, 4.69) is 0 Å². The van der Waals surface area contributed by atoms with Crippen LogP contribution in [0.15, 0.2) is 36.4 Å². The minimum Gasteiger partial charge on any atom is -0.493 e. The summed E-state index contributed by atoms with van der Waals surface area (Å²) in [6.07, 6.45) is 3.68. The molecule has 0 saturated heterocycles. The molecule has 2 rings (SSSR count). The normalized spacial score (nSPS) is 10.4. The Morgan fingerprint density at radius 1 is 0.743 bits per heavy atom. The quantitative estimate of drug-likeness (QED) is 0.151.